The lowest BCUT2D eigenvalue weighted by Crippen LogP contribution is -2.48. The van der Waals surface area contributed by atoms with Gasteiger partial charge in [0.15, 0.2) is 0 Å². The van der Waals surface area contributed by atoms with Gasteiger partial charge in [-0.3, -0.25) is 9.59 Å². The highest BCUT2D eigenvalue weighted by atomic mass is 16.5. The molecule has 2 aromatic rings. The average molecular weight is 392 g/mol. The molecule has 0 spiro atoms. The zero-order valence-electron chi connectivity index (χ0n) is 17.5. The summed E-state index contributed by atoms with van der Waals surface area (Å²) >= 11 is 0. The number of methoxy groups -OCH3 is 1. The van der Waals surface area contributed by atoms with Crippen molar-refractivity contribution in [1.82, 2.24) is 4.90 Å². The Morgan fingerprint density at radius 3 is 2.69 bits per heavy atom. The molecule has 1 amide bonds. The van der Waals surface area contributed by atoms with Crippen LogP contribution in [-0.4, -0.2) is 30.2 Å². The summed E-state index contributed by atoms with van der Waals surface area (Å²) in [5.74, 6) is 1.92. The molecule has 2 aliphatic rings. The van der Waals surface area contributed by atoms with E-state index in [2.05, 4.69) is 12.1 Å². The lowest BCUT2D eigenvalue weighted by molar-refractivity contribution is -0.124. The van der Waals surface area contributed by atoms with Crippen molar-refractivity contribution in [2.45, 2.75) is 45.6 Å². The maximum Gasteiger partial charge on any atom is 0.254 e. The number of likely N-dealkylation sites (tertiary alicyclic amines) is 1. The summed E-state index contributed by atoms with van der Waals surface area (Å²) in [5.41, 5.74) is 4.05. The molecular formula is C25H29NO3. The van der Waals surface area contributed by atoms with Gasteiger partial charge in [-0.15, -0.1) is 0 Å². The molecule has 4 rings (SSSR count). The number of hydrogen-bond donors (Lipinski definition) is 0. The average Bonchev–Trinajstić information content (AvgIpc) is 2.72. The first-order chi connectivity index (χ1) is 14.0. The van der Waals surface area contributed by atoms with E-state index in [-0.39, 0.29) is 11.9 Å². The summed E-state index contributed by atoms with van der Waals surface area (Å²) in [6, 6.07) is 14.1. The van der Waals surface area contributed by atoms with Crippen LogP contribution in [0.4, 0.5) is 0 Å². The standard InChI is InChI=1S/C25H29NO3/c1-16-7-9-22(17(2)13-16)25(28)26-12-11-18-14-20(27)8-10-23(18)24(26)19-5-4-6-21(15-19)29-3/h4-7,9,13,15,18,23-24H,8,10-12,14H2,1-3H3. The van der Waals surface area contributed by atoms with E-state index in [9.17, 15) is 9.59 Å². The quantitative estimate of drug-likeness (QED) is 0.749. The molecule has 1 aliphatic carbocycles. The van der Waals surface area contributed by atoms with E-state index in [0.29, 0.717) is 37.0 Å². The Hall–Kier alpha value is -2.62. The SMILES string of the molecule is COc1cccc(C2C3CCC(=O)CC3CCN2C(=O)c2ccc(C)cc2C)c1. The molecule has 0 bridgehead atoms. The van der Waals surface area contributed by atoms with E-state index >= 15 is 0 Å². The van der Waals surface area contributed by atoms with Crippen molar-refractivity contribution in [1.29, 1.82) is 0 Å². The number of carbonyl (C=O) groups excluding carboxylic acids is 2. The highest BCUT2D eigenvalue weighted by molar-refractivity contribution is 5.96. The molecule has 1 saturated carbocycles. The maximum atomic E-state index is 13.6. The summed E-state index contributed by atoms with van der Waals surface area (Å²) in [6.07, 6.45) is 3.01. The number of Topliss-reactive ketones (excluding diaryl/α,β-unsaturated/α-hetero) is 1. The van der Waals surface area contributed by atoms with Crippen molar-refractivity contribution in [3.63, 3.8) is 0 Å². The minimum atomic E-state index is -0.0230. The zero-order valence-corrected chi connectivity index (χ0v) is 17.5. The zero-order chi connectivity index (χ0) is 20.5. The number of ketones is 1. The van der Waals surface area contributed by atoms with E-state index in [1.54, 1.807) is 7.11 Å². The van der Waals surface area contributed by atoms with Crippen molar-refractivity contribution in [2.24, 2.45) is 11.8 Å². The van der Waals surface area contributed by atoms with Crippen molar-refractivity contribution in [3.05, 3.63) is 64.7 Å². The summed E-state index contributed by atoms with van der Waals surface area (Å²) in [5, 5.41) is 0. The third-order valence-corrected chi connectivity index (χ3v) is 6.64. The highest BCUT2D eigenvalue weighted by Gasteiger charge is 2.43. The Morgan fingerprint density at radius 2 is 1.93 bits per heavy atom. The lowest BCUT2D eigenvalue weighted by Gasteiger charge is -2.47. The van der Waals surface area contributed by atoms with Crippen LogP contribution >= 0.6 is 0 Å². The monoisotopic (exact) mass is 391 g/mol. The van der Waals surface area contributed by atoms with Gasteiger partial charge in [-0.25, -0.2) is 0 Å². The smallest absolute Gasteiger partial charge is 0.254 e. The molecule has 0 aromatic heterocycles. The van der Waals surface area contributed by atoms with Crippen LogP contribution in [0.25, 0.3) is 0 Å². The number of rotatable bonds is 3. The predicted molar refractivity (Wildman–Crippen MR) is 113 cm³/mol. The summed E-state index contributed by atoms with van der Waals surface area (Å²) in [6.45, 7) is 4.74. The first-order valence-corrected chi connectivity index (χ1v) is 10.5. The van der Waals surface area contributed by atoms with Gasteiger partial charge < -0.3 is 9.64 Å². The molecule has 29 heavy (non-hydrogen) atoms. The second-order valence-corrected chi connectivity index (χ2v) is 8.53. The summed E-state index contributed by atoms with van der Waals surface area (Å²) in [7, 11) is 1.67. The van der Waals surface area contributed by atoms with Gasteiger partial charge in [0.05, 0.1) is 13.2 Å². The molecule has 1 aliphatic heterocycles. The van der Waals surface area contributed by atoms with Gasteiger partial charge in [0.2, 0.25) is 0 Å². The van der Waals surface area contributed by atoms with Gasteiger partial charge in [-0.05, 0) is 67.9 Å². The van der Waals surface area contributed by atoms with Gasteiger partial charge in [-0.1, -0.05) is 29.8 Å². The van der Waals surface area contributed by atoms with Gasteiger partial charge in [0.1, 0.15) is 11.5 Å². The van der Waals surface area contributed by atoms with Gasteiger partial charge >= 0.3 is 0 Å². The van der Waals surface area contributed by atoms with Crippen molar-refractivity contribution < 1.29 is 14.3 Å². The van der Waals surface area contributed by atoms with Gasteiger partial charge in [-0.2, -0.15) is 0 Å². The van der Waals surface area contributed by atoms with E-state index in [1.807, 2.05) is 49.1 Å². The highest BCUT2D eigenvalue weighted by Crippen LogP contribution is 2.47. The summed E-state index contributed by atoms with van der Waals surface area (Å²) in [4.78, 5) is 27.8. The topological polar surface area (TPSA) is 46.6 Å². The van der Waals surface area contributed by atoms with E-state index in [4.69, 9.17) is 4.74 Å². The fourth-order valence-corrected chi connectivity index (χ4v) is 5.20. The molecule has 4 nitrogen and oxygen atoms in total. The van der Waals surface area contributed by atoms with E-state index in [1.165, 1.54) is 0 Å². The molecule has 3 unspecified atom stereocenters. The maximum absolute atomic E-state index is 13.6. The fourth-order valence-electron chi connectivity index (χ4n) is 5.20. The number of benzene rings is 2. The number of hydrogen-bond acceptors (Lipinski definition) is 3. The van der Waals surface area contributed by atoms with E-state index < -0.39 is 0 Å². The Balaban J connectivity index is 1.74. The molecule has 2 fully saturated rings. The Kier molecular flexibility index (Phi) is 5.44. The number of carbonyl (C=O) groups is 2. The minimum Gasteiger partial charge on any atom is -0.497 e. The lowest BCUT2D eigenvalue weighted by atomic mass is 9.68. The molecule has 1 heterocycles. The first kappa shape index (κ1) is 19.7. The third-order valence-electron chi connectivity index (χ3n) is 6.64. The number of amides is 1. The van der Waals surface area contributed by atoms with Crippen LogP contribution in [0, 0.1) is 25.7 Å². The number of nitrogens with zero attached hydrogens (tertiary/aromatic N) is 1. The minimum absolute atomic E-state index is 0.0230. The van der Waals surface area contributed by atoms with Crippen LogP contribution in [-0.2, 0) is 4.79 Å². The second-order valence-electron chi connectivity index (χ2n) is 8.53. The van der Waals surface area contributed by atoms with Crippen LogP contribution in [0.1, 0.15) is 58.8 Å². The third kappa shape index (κ3) is 3.81. The number of piperidine rings is 1. The van der Waals surface area contributed by atoms with Crippen molar-refractivity contribution >= 4 is 11.7 Å². The number of fused-ring (bicyclic) bond motifs is 1. The second kappa shape index (κ2) is 8.02. The summed E-state index contributed by atoms with van der Waals surface area (Å²) < 4.78 is 5.45. The van der Waals surface area contributed by atoms with Crippen LogP contribution < -0.4 is 4.74 Å². The Bertz CT molecular complexity index is 935. The molecule has 0 radical (unpaired) electrons. The molecular weight excluding hydrogens is 362 g/mol. The molecule has 1 saturated heterocycles. The fraction of sp³-hybridized carbons (Fsp3) is 0.440. The van der Waals surface area contributed by atoms with Crippen LogP contribution in [0.5, 0.6) is 5.75 Å². The first-order valence-electron chi connectivity index (χ1n) is 10.5. The molecule has 4 heteroatoms. The normalized spacial score (nSPS) is 24.2. The molecule has 3 atom stereocenters. The van der Waals surface area contributed by atoms with Crippen LogP contribution in [0.2, 0.25) is 0 Å². The van der Waals surface area contributed by atoms with Gasteiger partial charge in [0.25, 0.3) is 5.91 Å². The van der Waals surface area contributed by atoms with Crippen molar-refractivity contribution in [2.75, 3.05) is 13.7 Å². The van der Waals surface area contributed by atoms with Gasteiger partial charge in [0, 0.05) is 24.9 Å². The molecule has 2 aromatic carbocycles. The van der Waals surface area contributed by atoms with Crippen LogP contribution in [0.3, 0.4) is 0 Å². The molecule has 0 N–H and O–H groups in total. The van der Waals surface area contributed by atoms with Crippen molar-refractivity contribution in [3.8, 4) is 5.75 Å². The Labute approximate surface area is 172 Å². The number of aryl methyl sites for hydroxylation is 2. The molecule has 152 valence electrons. The predicted octanol–water partition coefficient (Wildman–Crippen LogP) is 4.88. The largest absolute Gasteiger partial charge is 0.497 e. The van der Waals surface area contributed by atoms with E-state index in [0.717, 1.165) is 40.8 Å². The Morgan fingerprint density at radius 1 is 1.10 bits per heavy atom. The van der Waals surface area contributed by atoms with Crippen LogP contribution in [0.15, 0.2) is 42.5 Å². The number of ether oxygens (including phenoxy) is 1.